The van der Waals surface area contributed by atoms with E-state index in [4.69, 9.17) is 4.74 Å². The van der Waals surface area contributed by atoms with Gasteiger partial charge in [-0.1, -0.05) is 0 Å². The highest BCUT2D eigenvalue weighted by Gasteiger charge is 2.12. The molecule has 1 aromatic rings. The van der Waals surface area contributed by atoms with Crippen molar-refractivity contribution in [2.45, 2.75) is 6.92 Å². The number of carbonyl (C=O) groups excluding carboxylic acids is 3. The first-order valence-corrected chi connectivity index (χ1v) is 5.39. The number of carbonyl (C=O) groups is 3. The van der Waals surface area contributed by atoms with Crippen LogP contribution in [0, 0.1) is 5.82 Å². The van der Waals surface area contributed by atoms with Crippen molar-refractivity contribution in [3.63, 3.8) is 0 Å². The average molecular weight is 268 g/mol. The minimum Gasteiger partial charge on any atom is -0.483 e. The van der Waals surface area contributed by atoms with Crippen molar-refractivity contribution in [3.8, 4) is 5.75 Å². The molecule has 1 aromatic carbocycles. The second-order valence-corrected chi connectivity index (χ2v) is 3.61. The Bertz CT molecular complexity index is 516. The molecule has 0 fully saturated rings. The molecule has 1 rings (SSSR count). The monoisotopic (exact) mass is 268 g/mol. The molecule has 3 amide bonds. The van der Waals surface area contributed by atoms with Crippen LogP contribution < -0.4 is 15.4 Å². The lowest BCUT2D eigenvalue weighted by atomic mass is 10.1. The van der Waals surface area contributed by atoms with Gasteiger partial charge in [0.15, 0.2) is 12.4 Å². The van der Waals surface area contributed by atoms with E-state index in [0.29, 0.717) is 0 Å². The van der Waals surface area contributed by atoms with E-state index in [1.165, 1.54) is 20.0 Å². The highest BCUT2D eigenvalue weighted by molar-refractivity contribution is 5.97. The molecule has 0 bridgehead atoms. The Hall–Kier alpha value is -2.44. The van der Waals surface area contributed by atoms with Crippen molar-refractivity contribution in [1.82, 2.24) is 10.6 Å². The lowest BCUT2D eigenvalue weighted by Crippen LogP contribution is -2.40. The lowest BCUT2D eigenvalue weighted by molar-refractivity contribution is -0.122. The molecule has 0 saturated heterocycles. The molecular weight excluding hydrogens is 255 g/mol. The van der Waals surface area contributed by atoms with E-state index in [0.717, 1.165) is 12.1 Å². The number of nitrogens with one attached hydrogen (secondary N) is 2. The summed E-state index contributed by atoms with van der Waals surface area (Å²) in [5.41, 5.74) is 0.0349. The standard InChI is InChI=1S/C12H13FN2O4/c1-7(16)9-5-8(13)3-4-10(9)19-6-11(17)15-12(18)14-2/h3-5H,6H2,1-2H3,(H2,14,15,17,18). The van der Waals surface area contributed by atoms with E-state index in [-0.39, 0.29) is 17.1 Å². The fourth-order valence-electron chi connectivity index (χ4n) is 1.27. The molecule has 6 nitrogen and oxygen atoms in total. The summed E-state index contributed by atoms with van der Waals surface area (Å²) in [6, 6.07) is 2.71. The maximum atomic E-state index is 13.0. The smallest absolute Gasteiger partial charge is 0.321 e. The molecule has 0 aliphatic rings. The van der Waals surface area contributed by atoms with Gasteiger partial charge in [-0.25, -0.2) is 9.18 Å². The Morgan fingerprint density at radius 2 is 2.00 bits per heavy atom. The van der Waals surface area contributed by atoms with Crippen molar-refractivity contribution in [2.75, 3.05) is 13.7 Å². The van der Waals surface area contributed by atoms with Gasteiger partial charge in [0.2, 0.25) is 0 Å². The second-order valence-electron chi connectivity index (χ2n) is 3.61. The lowest BCUT2D eigenvalue weighted by Gasteiger charge is -2.09. The minimum absolute atomic E-state index is 0.0349. The molecule has 0 saturated carbocycles. The Kier molecular flexibility index (Phi) is 4.99. The first kappa shape index (κ1) is 14.6. The van der Waals surface area contributed by atoms with Crippen molar-refractivity contribution < 1.29 is 23.5 Å². The quantitative estimate of drug-likeness (QED) is 0.793. The molecule has 0 radical (unpaired) electrons. The largest absolute Gasteiger partial charge is 0.483 e. The predicted molar refractivity (Wildman–Crippen MR) is 64.5 cm³/mol. The number of rotatable bonds is 4. The van der Waals surface area contributed by atoms with Gasteiger partial charge in [-0.15, -0.1) is 0 Å². The normalized spacial score (nSPS) is 9.63. The van der Waals surface area contributed by atoms with Gasteiger partial charge in [0, 0.05) is 7.05 Å². The van der Waals surface area contributed by atoms with Gasteiger partial charge >= 0.3 is 6.03 Å². The van der Waals surface area contributed by atoms with E-state index < -0.39 is 24.4 Å². The molecular formula is C12H13FN2O4. The van der Waals surface area contributed by atoms with Gasteiger partial charge in [0.05, 0.1) is 5.56 Å². The molecule has 19 heavy (non-hydrogen) atoms. The summed E-state index contributed by atoms with van der Waals surface area (Å²) in [4.78, 5) is 33.4. The fraction of sp³-hybridized carbons (Fsp3) is 0.250. The van der Waals surface area contributed by atoms with Gasteiger partial charge in [0.25, 0.3) is 5.91 Å². The number of halogens is 1. The van der Waals surface area contributed by atoms with Crippen LogP contribution in [0.25, 0.3) is 0 Å². The molecule has 0 unspecified atom stereocenters. The van der Waals surface area contributed by atoms with Gasteiger partial charge in [-0.3, -0.25) is 14.9 Å². The van der Waals surface area contributed by atoms with E-state index in [1.54, 1.807) is 0 Å². The minimum atomic E-state index is -0.682. The zero-order chi connectivity index (χ0) is 14.4. The summed E-state index contributed by atoms with van der Waals surface area (Å²) in [7, 11) is 1.36. The number of hydrogen-bond acceptors (Lipinski definition) is 4. The number of urea groups is 1. The number of benzene rings is 1. The van der Waals surface area contributed by atoms with Crippen molar-refractivity contribution >= 4 is 17.7 Å². The molecule has 0 aliphatic heterocycles. The first-order valence-electron chi connectivity index (χ1n) is 5.39. The number of Topliss-reactive ketones (excluding diaryl/α,β-unsaturated/α-hetero) is 1. The van der Waals surface area contributed by atoms with Gasteiger partial charge in [0.1, 0.15) is 11.6 Å². The van der Waals surface area contributed by atoms with Gasteiger partial charge < -0.3 is 10.1 Å². The second kappa shape index (κ2) is 6.48. The molecule has 102 valence electrons. The third-order valence-electron chi connectivity index (χ3n) is 2.16. The van der Waals surface area contributed by atoms with E-state index >= 15 is 0 Å². The zero-order valence-electron chi connectivity index (χ0n) is 10.5. The Morgan fingerprint density at radius 3 is 2.58 bits per heavy atom. The van der Waals surface area contributed by atoms with Crippen LogP contribution >= 0.6 is 0 Å². The fourth-order valence-corrected chi connectivity index (χ4v) is 1.27. The third-order valence-corrected chi connectivity index (χ3v) is 2.16. The van der Waals surface area contributed by atoms with Crippen molar-refractivity contribution in [1.29, 1.82) is 0 Å². The van der Waals surface area contributed by atoms with Gasteiger partial charge in [-0.2, -0.15) is 0 Å². The van der Waals surface area contributed by atoms with Crippen LogP contribution in [0.15, 0.2) is 18.2 Å². The summed E-state index contributed by atoms with van der Waals surface area (Å²) in [6.45, 7) is 0.797. The molecule has 2 N–H and O–H groups in total. The third kappa shape index (κ3) is 4.38. The summed E-state index contributed by atoms with van der Waals surface area (Å²) >= 11 is 0. The van der Waals surface area contributed by atoms with Crippen LogP contribution in [-0.4, -0.2) is 31.4 Å². The Labute approximate surface area is 108 Å². The van der Waals surface area contributed by atoms with E-state index in [1.807, 2.05) is 5.32 Å². The van der Waals surface area contributed by atoms with E-state index in [9.17, 15) is 18.8 Å². The van der Waals surface area contributed by atoms with Crippen LogP contribution in [0.1, 0.15) is 17.3 Å². The molecule has 0 spiro atoms. The maximum Gasteiger partial charge on any atom is 0.321 e. The van der Waals surface area contributed by atoms with Crippen LogP contribution in [-0.2, 0) is 4.79 Å². The maximum absolute atomic E-state index is 13.0. The summed E-state index contributed by atoms with van der Waals surface area (Å²) in [5, 5.41) is 4.19. The Morgan fingerprint density at radius 1 is 1.32 bits per heavy atom. The zero-order valence-corrected chi connectivity index (χ0v) is 10.5. The highest BCUT2D eigenvalue weighted by atomic mass is 19.1. The molecule has 0 heterocycles. The highest BCUT2D eigenvalue weighted by Crippen LogP contribution is 2.20. The SMILES string of the molecule is CNC(=O)NC(=O)COc1ccc(F)cc1C(C)=O. The van der Waals surface area contributed by atoms with Crippen LogP contribution in [0.5, 0.6) is 5.75 Å². The van der Waals surface area contributed by atoms with Crippen molar-refractivity contribution in [3.05, 3.63) is 29.6 Å². The Balaban J connectivity index is 2.70. The summed E-state index contributed by atoms with van der Waals surface area (Å²) < 4.78 is 18.1. The van der Waals surface area contributed by atoms with Crippen LogP contribution in [0.2, 0.25) is 0 Å². The van der Waals surface area contributed by atoms with Gasteiger partial charge in [-0.05, 0) is 25.1 Å². The topological polar surface area (TPSA) is 84.5 Å². The summed E-state index contributed by atoms with van der Waals surface area (Å²) in [5.74, 6) is -1.56. The predicted octanol–water partition coefficient (Wildman–Crippen LogP) is 0.863. The van der Waals surface area contributed by atoms with Crippen molar-refractivity contribution in [2.24, 2.45) is 0 Å². The van der Waals surface area contributed by atoms with E-state index in [2.05, 4.69) is 5.32 Å². The number of amides is 3. The molecule has 0 aromatic heterocycles. The average Bonchev–Trinajstić information content (AvgIpc) is 2.36. The summed E-state index contributed by atoms with van der Waals surface area (Å²) in [6.07, 6.45) is 0. The number of hydrogen-bond donors (Lipinski definition) is 2. The molecule has 0 atom stereocenters. The van der Waals surface area contributed by atoms with Crippen LogP contribution in [0.3, 0.4) is 0 Å². The number of ether oxygens (including phenoxy) is 1. The van der Waals surface area contributed by atoms with Crippen LogP contribution in [0.4, 0.5) is 9.18 Å². The molecule has 7 heteroatoms. The number of imide groups is 1. The first-order chi connectivity index (χ1) is 8.93. The molecule has 0 aliphatic carbocycles. The number of ketones is 1.